The van der Waals surface area contributed by atoms with E-state index in [1.54, 1.807) is 5.38 Å². The fourth-order valence-electron chi connectivity index (χ4n) is 2.36. The highest BCUT2D eigenvalue weighted by molar-refractivity contribution is 7.89. The van der Waals surface area contributed by atoms with Gasteiger partial charge >= 0.3 is 0 Å². The molecule has 1 heterocycles. The standard InChI is InChI=1S/C19H16N4O3S2/c1-2-13-6-8-15(9-7-13)19-21-17(12-27-19)18(24)22-23-28(25,26)16-5-3-4-14(10-16)11-20/h3-10,12,23H,2H2,1H3,(H,22,24). The smallest absolute Gasteiger partial charge is 0.272 e. The topological polar surface area (TPSA) is 112 Å². The molecule has 2 N–H and O–H groups in total. The highest BCUT2D eigenvalue weighted by Crippen LogP contribution is 2.24. The highest BCUT2D eigenvalue weighted by atomic mass is 32.2. The van der Waals surface area contributed by atoms with Gasteiger partial charge in [0, 0.05) is 10.9 Å². The van der Waals surface area contributed by atoms with Gasteiger partial charge in [-0.05, 0) is 30.2 Å². The van der Waals surface area contributed by atoms with Crippen LogP contribution in [-0.2, 0) is 16.4 Å². The molecule has 0 unspecified atom stereocenters. The second-order valence-corrected chi connectivity index (χ2v) is 8.33. The van der Waals surface area contributed by atoms with Gasteiger partial charge in [-0.25, -0.2) is 13.4 Å². The molecule has 2 aromatic carbocycles. The quantitative estimate of drug-likeness (QED) is 0.605. The average molecular weight is 412 g/mol. The molecule has 0 fully saturated rings. The van der Waals surface area contributed by atoms with Crippen molar-refractivity contribution in [3.05, 3.63) is 70.7 Å². The van der Waals surface area contributed by atoms with E-state index in [4.69, 9.17) is 5.26 Å². The third kappa shape index (κ3) is 4.43. The number of amides is 1. The van der Waals surface area contributed by atoms with Crippen LogP contribution in [0.3, 0.4) is 0 Å². The van der Waals surface area contributed by atoms with Gasteiger partial charge in [-0.2, -0.15) is 5.26 Å². The average Bonchev–Trinajstić information content (AvgIpc) is 3.22. The number of hydrazine groups is 1. The molecule has 0 spiro atoms. The maximum Gasteiger partial charge on any atom is 0.285 e. The van der Waals surface area contributed by atoms with E-state index in [0.717, 1.165) is 12.0 Å². The van der Waals surface area contributed by atoms with Crippen molar-refractivity contribution in [3.63, 3.8) is 0 Å². The Morgan fingerprint density at radius 2 is 1.96 bits per heavy atom. The maximum absolute atomic E-state index is 12.3. The number of nitrogens with one attached hydrogen (secondary N) is 2. The normalized spacial score (nSPS) is 11.0. The van der Waals surface area contributed by atoms with Gasteiger partial charge in [0.05, 0.1) is 16.5 Å². The minimum atomic E-state index is -4.01. The Morgan fingerprint density at radius 1 is 1.21 bits per heavy atom. The van der Waals surface area contributed by atoms with Gasteiger partial charge in [0.15, 0.2) is 0 Å². The van der Waals surface area contributed by atoms with Crippen molar-refractivity contribution >= 4 is 27.3 Å². The van der Waals surface area contributed by atoms with E-state index in [-0.39, 0.29) is 16.2 Å². The van der Waals surface area contributed by atoms with Gasteiger partial charge in [0.2, 0.25) is 0 Å². The zero-order valence-electron chi connectivity index (χ0n) is 14.8. The van der Waals surface area contributed by atoms with Crippen LogP contribution in [0.1, 0.15) is 28.5 Å². The van der Waals surface area contributed by atoms with E-state index in [1.165, 1.54) is 41.2 Å². The van der Waals surface area contributed by atoms with Crippen LogP contribution in [-0.4, -0.2) is 19.3 Å². The molecule has 142 valence electrons. The Labute approximate surface area is 166 Å². The van der Waals surface area contributed by atoms with Crippen molar-refractivity contribution in [3.8, 4) is 16.6 Å². The first kappa shape index (κ1) is 19.7. The molecule has 1 amide bonds. The summed E-state index contributed by atoms with van der Waals surface area (Å²) in [5.74, 6) is -0.673. The van der Waals surface area contributed by atoms with Gasteiger partial charge < -0.3 is 0 Å². The minimum absolute atomic E-state index is 0.105. The van der Waals surface area contributed by atoms with E-state index < -0.39 is 15.9 Å². The predicted molar refractivity (Wildman–Crippen MR) is 106 cm³/mol. The fourth-order valence-corrected chi connectivity index (χ4v) is 4.05. The molecule has 0 radical (unpaired) electrons. The number of hydrogen-bond donors (Lipinski definition) is 2. The Kier molecular flexibility index (Phi) is 5.84. The lowest BCUT2D eigenvalue weighted by atomic mass is 10.1. The van der Waals surface area contributed by atoms with Crippen LogP contribution in [0.5, 0.6) is 0 Å². The molecule has 7 nitrogen and oxygen atoms in total. The van der Waals surface area contributed by atoms with Crippen LogP contribution in [0.15, 0.2) is 58.8 Å². The first-order chi connectivity index (χ1) is 13.4. The second kappa shape index (κ2) is 8.31. The van der Waals surface area contributed by atoms with E-state index in [9.17, 15) is 13.2 Å². The summed E-state index contributed by atoms with van der Waals surface area (Å²) >= 11 is 1.29. The number of carbonyl (C=O) groups excluding carboxylic acids is 1. The Morgan fingerprint density at radius 3 is 2.64 bits per heavy atom. The Bertz CT molecular complexity index is 1150. The number of rotatable bonds is 6. The molecule has 0 aliphatic heterocycles. The molecule has 0 atom stereocenters. The number of thiazole rings is 1. The maximum atomic E-state index is 12.3. The monoisotopic (exact) mass is 412 g/mol. The summed E-state index contributed by atoms with van der Waals surface area (Å²) in [7, 11) is -4.01. The SMILES string of the molecule is CCc1ccc(-c2nc(C(=O)NNS(=O)(=O)c3cccc(C#N)c3)cs2)cc1. The molecule has 0 saturated carbocycles. The van der Waals surface area contributed by atoms with Crippen LogP contribution >= 0.6 is 11.3 Å². The molecule has 3 rings (SSSR count). The van der Waals surface area contributed by atoms with E-state index >= 15 is 0 Å². The number of nitrogens with zero attached hydrogens (tertiary/aromatic N) is 2. The van der Waals surface area contributed by atoms with Gasteiger partial charge in [-0.1, -0.05) is 37.3 Å². The zero-order chi connectivity index (χ0) is 20.1. The molecular weight excluding hydrogens is 396 g/mol. The van der Waals surface area contributed by atoms with E-state index in [0.29, 0.717) is 5.01 Å². The number of carbonyl (C=O) groups is 1. The second-order valence-electron chi connectivity index (χ2n) is 5.79. The lowest BCUT2D eigenvalue weighted by Gasteiger charge is -2.07. The minimum Gasteiger partial charge on any atom is -0.272 e. The molecule has 9 heteroatoms. The Balaban J connectivity index is 1.69. The molecule has 3 aromatic rings. The third-order valence-corrected chi connectivity index (χ3v) is 6.06. The predicted octanol–water partition coefficient (Wildman–Crippen LogP) is 2.87. The summed E-state index contributed by atoms with van der Waals surface area (Å²) < 4.78 is 24.5. The van der Waals surface area contributed by atoms with Gasteiger partial charge in [-0.15, -0.1) is 16.2 Å². The number of nitriles is 1. The molecule has 1 aromatic heterocycles. The number of hydrogen-bond acceptors (Lipinski definition) is 6. The fraction of sp³-hybridized carbons (Fsp3) is 0.105. The Hall–Kier alpha value is -3.06. The van der Waals surface area contributed by atoms with Gasteiger partial charge in [-0.3, -0.25) is 10.2 Å². The molecular formula is C19H16N4O3S2. The van der Waals surface area contributed by atoms with Gasteiger partial charge in [0.25, 0.3) is 15.9 Å². The summed E-state index contributed by atoms with van der Waals surface area (Å²) in [5.41, 5.74) is 4.53. The number of aryl methyl sites for hydroxylation is 1. The van der Waals surface area contributed by atoms with E-state index in [1.807, 2.05) is 35.2 Å². The van der Waals surface area contributed by atoms with Crippen molar-refractivity contribution in [2.24, 2.45) is 0 Å². The van der Waals surface area contributed by atoms with Crippen molar-refractivity contribution < 1.29 is 13.2 Å². The van der Waals surface area contributed by atoms with Crippen molar-refractivity contribution in [2.45, 2.75) is 18.2 Å². The first-order valence-electron chi connectivity index (χ1n) is 8.30. The largest absolute Gasteiger partial charge is 0.285 e. The van der Waals surface area contributed by atoms with Gasteiger partial charge in [0.1, 0.15) is 10.7 Å². The zero-order valence-corrected chi connectivity index (χ0v) is 16.5. The number of sulfonamides is 1. The summed E-state index contributed by atoms with van der Waals surface area (Å²) in [4.78, 5) is 18.4. The molecule has 0 bridgehead atoms. The van der Waals surface area contributed by atoms with Crippen LogP contribution in [0.4, 0.5) is 0 Å². The number of benzene rings is 2. The number of aromatic nitrogens is 1. The first-order valence-corrected chi connectivity index (χ1v) is 10.7. The summed E-state index contributed by atoms with van der Waals surface area (Å²) in [6.45, 7) is 2.07. The third-order valence-electron chi connectivity index (χ3n) is 3.92. The van der Waals surface area contributed by atoms with Crippen LogP contribution in [0, 0.1) is 11.3 Å². The molecule has 28 heavy (non-hydrogen) atoms. The van der Waals surface area contributed by atoms with Crippen LogP contribution in [0.2, 0.25) is 0 Å². The van der Waals surface area contributed by atoms with Crippen molar-refractivity contribution in [1.82, 2.24) is 15.2 Å². The van der Waals surface area contributed by atoms with Crippen molar-refractivity contribution in [1.29, 1.82) is 5.26 Å². The van der Waals surface area contributed by atoms with Crippen molar-refractivity contribution in [2.75, 3.05) is 0 Å². The summed E-state index contributed by atoms with van der Waals surface area (Å²) in [5, 5.41) is 11.1. The lowest BCUT2D eigenvalue weighted by molar-refractivity contribution is 0.0941. The lowest BCUT2D eigenvalue weighted by Crippen LogP contribution is -2.41. The molecule has 0 saturated heterocycles. The highest BCUT2D eigenvalue weighted by Gasteiger charge is 2.18. The summed E-state index contributed by atoms with van der Waals surface area (Å²) in [6.07, 6.45) is 0.934. The van der Waals surface area contributed by atoms with Crippen LogP contribution < -0.4 is 10.3 Å². The molecule has 0 aliphatic rings. The molecule has 0 aliphatic carbocycles. The van der Waals surface area contributed by atoms with Crippen LogP contribution in [0.25, 0.3) is 10.6 Å². The van der Waals surface area contributed by atoms with E-state index in [2.05, 4.69) is 17.3 Å². The summed E-state index contributed by atoms with van der Waals surface area (Å²) in [6, 6.07) is 15.2.